The second-order valence-electron chi connectivity index (χ2n) is 3.45. The molecule has 2 rings (SSSR count). The average molecular weight is 345 g/mol. The SMILES string of the molecule is CCSc1nonc1C(N)=Nc1ccc(F)c(Br)c1. The van der Waals surface area contributed by atoms with Gasteiger partial charge in [0.2, 0.25) is 0 Å². The minimum Gasteiger partial charge on any atom is -0.382 e. The van der Waals surface area contributed by atoms with Crippen LogP contribution >= 0.6 is 27.7 Å². The third kappa shape index (κ3) is 3.32. The van der Waals surface area contributed by atoms with E-state index in [0.717, 1.165) is 5.75 Å². The molecule has 0 radical (unpaired) electrons. The van der Waals surface area contributed by atoms with E-state index in [2.05, 4.69) is 35.9 Å². The van der Waals surface area contributed by atoms with Crippen LogP contribution < -0.4 is 5.73 Å². The molecule has 0 atom stereocenters. The Bertz CT molecular complexity index is 616. The van der Waals surface area contributed by atoms with E-state index in [9.17, 15) is 4.39 Å². The zero-order chi connectivity index (χ0) is 13.8. The number of nitrogens with two attached hydrogens (primary N) is 1. The molecule has 0 spiro atoms. The van der Waals surface area contributed by atoms with Gasteiger partial charge in [0.15, 0.2) is 16.6 Å². The summed E-state index contributed by atoms with van der Waals surface area (Å²) in [7, 11) is 0. The van der Waals surface area contributed by atoms with E-state index in [-0.39, 0.29) is 11.7 Å². The van der Waals surface area contributed by atoms with Crippen molar-refractivity contribution in [3.05, 3.63) is 34.2 Å². The molecule has 0 aliphatic rings. The molecule has 2 aromatic rings. The second kappa shape index (κ2) is 6.16. The molecule has 0 saturated heterocycles. The van der Waals surface area contributed by atoms with Crippen molar-refractivity contribution in [2.75, 3.05) is 5.75 Å². The molecular formula is C11H10BrFN4OS. The van der Waals surface area contributed by atoms with E-state index in [1.807, 2.05) is 6.92 Å². The van der Waals surface area contributed by atoms with Crippen LogP contribution in [0.1, 0.15) is 12.6 Å². The lowest BCUT2D eigenvalue weighted by atomic mass is 10.3. The maximum atomic E-state index is 13.1. The number of amidine groups is 1. The summed E-state index contributed by atoms with van der Waals surface area (Å²) in [6.07, 6.45) is 0. The summed E-state index contributed by atoms with van der Waals surface area (Å²) in [6.45, 7) is 1.98. The van der Waals surface area contributed by atoms with Crippen LogP contribution in [0.3, 0.4) is 0 Å². The predicted molar refractivity (Wildman–Crippen MR) is 75.2 cm³/mol. The minimum atomic E-state index is -0.358. The van der Waals surface area contributed by atoms with Gasteiger partial charge in [0, 0.05) is 0 Å². The maximum Gasteiger partial charge on any atom is 0.183 e. The number of hydrogen-bond acceptors (Lipinski definition) is 5. The first-order valence-corrected chi connectivity index (χ1v) is 7.14. The molecule has 8 heteroatoms. The van der Waals surface area contributed by atoms with Gasteiger partial charge >= 0.3 is 0 Å². The molecule has 0 aliphatic carbocycles. The summed E-state index contributed by atoms with van der Waals surface area (Å²) < 4.78 is 18.1. The Hall–Kier alpha value is -1.41. The number of hydrogen-bond donors (Lipinski definition) is 1. The van der Waals surface area contributed by atoms with E-state index in [0.29, 0.717) is 20.9 Å². The highest BCUT2D eigenvalue weighted by atomic mass is 79.9. The van der Waals surface area contributed by atoms with Crippen LogP contribution in [0.2, 0.25) is 0 Å². The van der Waals surface area contributed by atoms with E-state index in [1.54, 1.807) is 0 Å². The number of rotatable bonds is 4. The van der Waals surface area contributed by atoms with Crippen LogP contribution in [-0.2, 0) is 0 Å². The fourth-order valence-corrected chi connectivity index (χ4v) is 2.32. The summed E-state index contributed by atoms with van der Waals surface area (Å²) in [5.41, 5.74) is 6.77. The molecule has 0 amide bonds. The largest absolute Gasteiger partial charge is 0.382 e. The highest BCUT2D eigenvalue weighted by molar-refractivity contribution is 9.10. The molecule has 0 fully saturated rings. The number of nitrogens with zero attached hydrogens (tertiary/aromatic N) is 3. The molecule has 1 heterocycles. The van der Waals surface area contributed by atoms with Gasteiger partial charge in [-0.1, -0.05) is 6.92 Å². The molecule has 1 aromatic carbocycles. The fraction of sp³-hybridized carbons (Fsp3) is 0.182. The van der Waals surface area contributed by atoms with Gasteiger partial charge in [0.1, 0.15) is 5.82 Å². The van der Waals surface area contributed by atoms with E-state index >= 15 is 0 Å². The molecular weight excluding hydrogens is 335 g/mol. The zero-order valence-corrected chi connectivity index (χ0v) is 12.3. The van der Waals surface area contributed by atoms with Crippen molar-refractivity contribution < 1.29 is 9.02 Å². The Kier molecular flexibility index (Phi) is 4.54. The maximum absolute atomic E-state index is 13.1. The van der Waals surface area contributed by atoms with Crippen molar-refractivity contribution >= 4 is 39.2 Å². The smallest absolute Gasteiger partial charge is 0.183 e. The van der Waals surface area contributed by atoms with Crippen molar-refractivity contribution in [3.63, 3.8) is 0 Å². The van der Waals surface area contributed by atoms with Gasteiger partial charge in [-0.05, 0) is 50.2 Å². The summed E-state index contributed by atoms with van der Waals surface area (Å²) in [5.74, 6) is 0.634. The number of aromatic nitrogens is 2. The molecule has 2 N–H and O–H groups in total. The first kappa shape index (κ1) is 14.0. The lowest BCUT2D eigenvalue weighted by Crippen LogP contribution is -2.14. The molecule has 0 saturated carbocycles. The summed E-state index contributed by atoms with van der Waals surface area (Å²) in [4.78, 5) is 4.17. The molecule has 5 nitrogen and oxygen atoms in total. The first-order valence-electron chi connectivity index (χ1n) is 5.36. The molecule has 100 valence electrons. The fourth-order valence-electron chi connectivity index (χ4n) is 1.31. The van der Waals surface area contributed by atoms with Crippen LogP contribution in [0.5, 0.6) is 0 Å². The summed E-state index contributed by atoms with van der Waals surface area (Å²) >= 11 is 4.54. The predicted octanol–water partition coefficient (Wildman–Crippen LogP) is 3.12. The van der Waals surface area contributed by atoms with Crippen LogP contribution in [-0.4, -0.2) is 21.9 Å². The monoisotopic (exact) mass is 344 g/mol. The van der Waals surface area contributed by atoms with E-state index < -0.39 is 0 Å². The number of halogens is 2. The molecule has 1 aromatic heterocycles. The first-order chi connectivity index (χ1) is 9.11. The summed E-state index contributed by atoms with van der Waals surface area (Å²) in [5, 5.41) is 8.06. The van der Waals surface area contributed by atoms with Gasteiger partial charge < -0.3 is 5.73 Å². The van der Waals surface area contributed by atoms with E-state index in [1.165, 1.54) is 30.0 Å². The van der Waals surface area contributed by atoms with Crippen LogP contribution in [0.25, 0.3) is 0 Å². The molecule has 0 aliphatic heterocycles. The van der Waals surface area contributed by atoms with Crippen molar-refractivity contribution in [1.82, 2.24) is 10.3 Å². The third-order valence-electron chi connectivity index (χ3n) is 2.13. The third-order valence-corrected chi connectivity index (χ3v) is 3.57. The lowest BCUT2D eigenvalue weighted by Gasteiger charge is -2.00. The number of aliphatic imine (C=N–C) groups is 1. The molecule has 19 heavy (non-hydrogen) atoms. The van der Waals surface area contributed by atoms with Crippen LogP contribution in [0.4, 0.5) is 10.1 Å². The zero-order valence-electron chi connectivity index (χ0n) is 9.93. The Labute approximate surface area is 121 Å². The summed E-state index contributed by atoms with van der Waals surface area (Å²) in [6, 6.07) is 4.36. The van der Waals surface area contributed by atoms with Crippen LogP contribution in [0, 0.1) is 5.82 Å². The van der Waals surface area contributed by atoms with Gasteiger partial charge in [0.05, 0.1) is 10.2 Å². The van der Waals surface area contributed by atoms with Gasteiger partial charge in [-0.3, -0.25) is 0 Å². The van der Waals surface area contributed by atoms with E-state index in [4.69, 9.17) is 5.73 Å². The van der Waals surface area contributed by atoms with Crippen molar-refractivity contribution in [2.24, 2.45) is 10.7 Å². The minimum absolute atomic E-state index is 0.177. The topological polar surface area (TPSA) is 77.3 Å². The quantitative estimate of drug-likeness (QED) is 0.523. The van der Waals surface area contributed by atoms with Crippen molar-refractivity contribution in [2.45, 2.75) is 11.9 Å². The Morgan fingerprint density at radius 1 is 1.53 bits per heavy atom. The standard InChI is InChI=1S/C11H10BrFN4OS/c1-2-19-11-9(16-18-17-11)10(14)15-6-3-4-8(13)7(12)5-6/h3-5H,2H2,1H3,(H2,14,15). The van der Waals surface area contributed by atoms with Gasteiger partial charge in [-0.25, -0.2) is 14.0 Å². The van der Waals surface area contributed by atoms with Crippen LogP contribution in [0.15, 0.2) is 37.3 Å². The number of benzene rings is 1. The molecule has 0 unspecified atom stereocenters. The van der Waals surface area contributed by atoms with Crippen molar-refractivity contribution in [1.29, 1.82) is 0 Å². The van der Waals surface area contributed by atoms with Gasteiger partial charge in [0.25, 0.3) is 0 Å². The van der Waals surface area contributed by atoms with Gasteiger partial charge in [-0.2, -0.15) is 0 Å². The van der Waals surface area contributed by atoms with Gasteiger partial charge in [-0.15, -0.1) is 11.8 Å². The molecule has 0 bridgehead atoms. The number of thioether (sulfide) groups is 1. The second-order valence-corrected chi connectivity index (χ2v) is 5.55. The van der Waals surface area contributed by atoms with Crippen molar-refractivity contribution in [3.8, 4) is 0 Å². The Balaban J connectivity index is 2.31. The normalized spacial score (nSPS) is 11.8. The highest BCUT2D eigenvalue weighted by Gasteiger charge is 2.14. The Morgan fingerprint density at radius 2 is 2.32 bits per heavy atom. The lowest BCUT2D eigenvalue weighted by molar-refractivity contribution is 0.298. The Morgan fingerprint density at radius 3 is 3.00 bits per heavy atom. The highest BCUT2D eigenvalue weighted by Crippen LogP contribution is 2.23. The average Bonchev–Trinajstić information content (AvgIpc) is 2.83.